The second kappa shape index (κ2) is 7.47. The van der Waals surface area contributed by atoms with E-state index in [-0.39, 0.29) is 6.79 Å². The van der Waals surface area contributed by atoms with Gasteiger partial charge in [0, 0.05) is 18.5 Å². The van der Waals surface area contributed by atoms with Gasteiger partial charge in [0.05, 0.1) is 5.69 Å². The quantitative estimate of drug-likeness (QED) is 0.589. The Labute approximate surface area is 136 Å². The van der Waals surface area contributed by atoms with E-state index in [0.29, 0.717) is 0 Å². The van der Waals surface area contributed by atoms with Gasteiger partial charge < -0.3 is 14.4 Å². The predicted molar refractivity (Wildman–Crippen MR) is 93.6 cm³/mol. The summed E-state index contributed by atoms with van der Waals surface area (Å²) in [7, 11) is 1.62. The van der Waals surface area contributed by atoms with Gasteiger partial charge >= 0.3 is 0 Å². The molecule has 3 heteroatoms. The predicted octanol–water partition coefficient (Wildman–Crippen LogP) is 5.14. The van der Waals surface area contributed by atoms with Crippen molar-refractivity contribution in [3.05, 3.63) is 84.9 Å². The van der Waals surface area contributed by atoms with Crippen LogP contribution in [0.3, 0.4) is 0 Å². The lowest BCUT2D eigenvalue weighted by atomic mass is 10.2. The number of nitrogens with zero attached hydrogens (tertiary/aromatic N) is 1. The van der Waals surface area contributed by atoms with E-state index >= 15 is 0 Å². The molecule has 3 aromatic carbocycles. The van der Waals surface area contributed by atoms with Crippen LogP contribution in [0.4, 0.5) is 17.1 Å². The molecule has 0 aliphatic rings. The van der Waals surface area contributed by atoms with Gasteiger partial charge in [-0.05, 0) is 36.4 Å². The Balaban J connectivity index is 2.10. The fourth-order valence-corrected chi connectivity index (χ4v) is 2.47. The highest BCUT2D eigenvalue weighted by molar-refractivity contribution is 5.79. The standard InChI is InChI=1S/C20H19NO2/c1-22-16-23-20-15-9-8-14-19(20)21(17-10-4-2-5-11-17)18-12-6-3-7-13-18/h2-15H,16H2,1H3. The van der Waals surface area contributed by atoms with E-state index in [1.165, 1.54) is 0 Å². The number of rotatable bonds is 6. The Kier molecular flexibility index (Phi) is 4.92. The molecule has 3 aromatic rings. The van der Waals surface area contributed by atoms with Crippen LogP contribution in [0.15, 0.2) is 84.9 Å². The molecule has 0 aliphatic heterocycles. The lowest BCUT2D eigenvalue weighted by molar-refractivity contribution is 0.0515. The maximum absolute atomic E-state index is 5.75. The third kappa shape index (κ3) is 3.52. The Morgan fingerprint density at radius 2 is 1.22 bits per heavy atom. The lowest BCUT2D eigenvalue weighted by Crippen LogP contribution is -2.12. The number of ether oxygens (including phenoxy) is 2. The summed E-state index contributed by atoms with van der Waals surface area (Å²) in [6.45, 7) is 0.217. The second-order valence-electron chi connectivity index (χ2n) is 5.03. The number of para-hydroxylation sites is 4. The number of benzene rings is 3. The van der Waals surface area contributed by atoms with E-state index in [2.05, 4.69) is 29.2 Å². The van der Waals surface area contributed by atoms with Crippen LogP contribution in [0.25, 0.3) is 0 Å². The van der Waals surface area contributed by atoms with Crippen LogP contribution < -0.4 is 9.64 Å². The van der Waals surface area contributed by atoms with E-state index in [9.17, 15) is 0 Å². The third-order valence-electron chi connectivity index (χ3n) is 3.47. The summed E-state index contributed by atoms with van der Waals surface area (Å²) in [6.07, 6.45) is 0. The summed E-state index contributed by atoms with van der Waals surface area (Å²) in [4.78, 5) is 2.17. The van der Waals surface area contributed by atoms with Gasteiger partial charge in [-0.15, -0.1) is 0 Å². The minimum Gasteiger partial charge on any atom is -0.465 e. The van der Waals surface area contributed by atoms with Gasteiger partial charge in [0.15, 0.2) is 6.79 Å². The molecule has 0 aromatic heterocycles. The molecule has 0 heterocycles. The first-order valence-corrected chi connectivity index (χ1v) is 7.51. The topological polar surface area (TPSA) is 21.7 Å². The average molecular weight is 305 g/mol. The van der Waals surface area contributed by atoms with Crippen molar-refractivity contribution in [3.8, 4) is 5.75 Å². The van der Waals surface area contributed by atoms with Crippen molar-refractivity contribution < 1.29 is 9.47 Å². The first-order chi connectivity index (χ1) is 11.4. The summed E-state index contributed by atoms with van der Waals surface area (Å²) in [6, 6.07) is 28.5. The third-order valence-corrected chi connectivity index (χ3v) is 3.47. The molecule has 0 saturated carbocycles. The molecule has 0 aliphatic carbocycles. The van der Waals surface area contributed by atoms with E-state index in [0.717, 1.165) is 22.8 Å². The van der Waals surface area contributed by atoms with Crippen molar-refractivity contribution in [2.45, 2.75) is 0 Å². The molecule has 23 heavy (non-hydrogen) atoms. The normalized spacial score (nSPS) is 10.3. The first-order valence-electron chi connectivity index (χ1n) is 7.51. The molecule has 0 spiro atoms. The van der Waals surface area contributed by atoms with Gasteiger partial charge in [-0.2, -0.15) is 0 Å². The zero-order chi connectivity index (χ0) is 15.9. The Bertz CT molecular complexity index is 689. The molecular formula is C20H19NO2. The SMILES string of the molecule is COCOc1ccccc1N(c1ccccc1)c1ccccc1. The number of anilines is 3. The van der Waals surface area contributed by atoms with Crippen molar-refractivity contribution >= 4 is 17.1 Å². The maximum atomic E-state index is 5.75. The van der Waals surface area contributed by atoms with Crippen LogP contribution in [0.1, 0.15) is 0 Å². The Morgan fingerprint density at radius 1 is 0.696 bits per heavy atom. The molecule has 3 nitrogen and oxygen atoms in total. The number of methoxy groups -OCH3 is 1. The number of hydrogen-bond donors (Lipinski definition) is 0. The zero-order valence-corrected chi connectivity index (χ0v) is 13.1. The summed E-state index contributed by atoms with van der Waals surface area (Å²) in [5.41, 5.74) is 3.13. The molecule has 0 bridgehead atoms. The highest BCUT2D eigenvalue weighted by atomic mass is 16.7. The van der Waals surface area contributed by atoms with Crippen molar-refractivity contribution in [2.24, 2.45) is 0 Å². The van der Waals surface area contributed by atoms with E-state index in [1.54, 1.807) is 7.11 Å². The maximum Gasteiger partial charge on any atom is 0.188 e. The molecule has 0 amide bonds. The molecular weight excluding hydrogens is 286 g/mol. The van der Waals surface area contributed by atoms with Crippen LogP contribution >= 0.6 is 0 Å². The van der Waals surface area contributed by atoms with Crippen LogP contribution in [-0.2, 0) is 4.74 Å². The molecule has 0 radical (unpaired) electrons. The summed E-state index contributed by atoms with van der Waals surface area (Å²) < 4.78 is 10.8. The van der Waals surface area contributed by atoms with Crippen LogP contribution in [0.5, 0.6) is 5.75 Å². The second-order valence-corrected chi connectivity index (χ2v) is 5.03. The van der Waals surface area contributed by atoms with Crippen molar-refractivity contribution in [3.63, 3.8) is 0 Å². The molecule has 0 fully saturated rings. The average Bonchev–Trinajstić information content (AvgIpc) is 2.63. The Hall–Kier alpha value is -2.78. The molecule has 0 N–H and O–H groups in total. The van der Waals surface area contributed by atoms with E-state index in [4.69, 9.17) is 9.47 Å². The van der Waals surface area contributed by atoms with E-state index < -0.39 is 0 Å². The highest BCUT2D eigenvalue weighted by Gasteiger charge is 2.15. The van der Waals surface area contributed by atoms with E-state index in [1.807, 2.05) is 60.7 Å². The smallest absolute Gasteiger partial charge is 0.188 e. The largest absolute Gasteiger partial charge is 0.465 e. The number of hydrogen-bond acceptors (Lipinski definition) is 3. The highest BCUT2D eigenvalue weighted by Crippen LogP contribution is 2.39. The molecule has 0 unspecified atom stereocenters. The van der Waals surface area contributed by atoms with Gasteiger partial charge in [0.1, 0.15) is 5.75 Å². The summed E-state index contributed by atoms with van der Waals surface area (Å²) >= 11 is 0. The van der Waals surface area contributed by atoms with Gasteiger partial charge in [0.25, 0.3) is 0 Å². The minimum absolute atomic E-state index is 0.217. The van der Waals surface area contributed by atoms with Gasteiger partial charge in [-0.3, -0.25) is 0 Å². The molecule has 116 valence electrons. The molecule has 3 rings (SSSR count). The Morgan fingerprint density at radius 3 is 1.78 bits per heavy atom. The van der Waals surface area contributed by atoms with Crippen LogP contribution in [-0.4, -0.2) is 13.9 Å². The molecule has 0 atom stereocenters. The lowest BCUT2D eigenvalue weighted by Gasteiger charge is -2.27. The van der Waals surface area contributed by atoms with Crippen molar-refractivity contribution in [1.29, 1.82) is 0 Å². The van der Waals surface area contributed by atoms with Gasteiger partial charge in [-0.1, -0.05) is 48.5 Å². The fraction of sp³-hybridized carbons (Fsp3) is 0.100. The van der Waals surface area contributed by atoms with Crippen LogP contribution in [0.2, 0.25) is 0 Å². The van der Waals surface area contributed by atoms with Crippen molar-refractivity contribution in [2.75, 3.05) is 18.8 Å². The van der Waals surface area contributed by atoms with Gasteiger partial charge in [-0.25, -0.2) is 0 Å². The summed E-state index contributed by atoms with van der Waals surface area (Å²) in [5, 5.41) is 0. The first kappa shape index (κ1) is 15.1. The van der Waals surface area contributed by atoms with Crippen LogP contribution in [0, 0.1) is 0 Å². The minimum atomic E-state index is 0.217. The fourth-order valence-electron chi connectivity index (χ4n) is 2.47. The van der Waals surface area contributed by atoms with Crippen molar-refractivity contribution in [1.82, 2.24) is 0 Å². The monoisotopic (exact) mass is 305 g/mol. The van der Waals surface area contributed by atoms with Gasteiger partial charge in [0.2, 0.25) is 0 Å². The molecule has 0 saturated heterocycles. The summed E-state index contributed by atoms with van der Waals surface area (Å²) in [5.74, 6) is 0.780. The zero-order valence-electron chi connectivity index (χ0n) is 13.1.